The monoisotopic (exact) mass is 278 g/mol. The Labute approximate surface area is 105 Å². The average Bonchev–Trinajstić information content (AvgIpc) is 2.60. The molecule has 0 saturated heterocycles. The molecule has 0 radical (unpaired) electrons. The number of aryl methyl sites for hydroxylation is 1. The summed E-state index contributed by atoms with van der Waals surface area (Å²) in [5.41, 5.74) is 0.592. The van der Waals surface area contributed by atoms with Gasteiger partial charge in [-0.2, -0.15) is 8.78 Å². The average molecular weight is 278 g/mol. The van der Waals surface area contributed by atoms with Crippen LogP contribution in [0.4, 0.5) is 8.78 Å². The van der Waals surface area contributed by atoms with Crippen LogP contribution in [-0.2, 0) is 9.84 Å². The molecule has 0 bridgehead atoms. The fourth-order valence-electron chi connectivity index (χ4n) is 1.51. The van der Waals surface area contributed by atoms with Crippen molar-refractivity contribution in [2.45, 2.75) is 38.4 Å². The molecule has 0 fully saturated rings. The fraction of sp³-hybridized carbons (Fsp3) is 0.545. The molecule has 0 N–H and O–H groups in total. The first-order chi connectivity index (χ1) is 8.24. The number of aromatic nitrogens is 2. The molecule has 0 aromatic carbocycles. The molecule has 1 aromatic heterocycles. The maximum absolute atomic E-state index is 12.0. The molecule has 0 unspecified atom stereocenters. The molecule has 0 spiro atoms. The van der Waals surface area contributed by atoms with Gasteiger partial charge in [0.05, 0.1) is 11.4 Å². The van der Waals surface area contributed by atoms with Crippen LogP contribution in [0.5, 0.6) is 0 Å². The molecule has 7 heteroatoms. The van der Waals surface area contributed by atoms with Gasteiger partial charge in [-0.1, -0.05) is 0 Å². The number of rotatable bonds is 5. The van der Waals surface area contributed by atoms with Gasteiger partial charge in [0.25, 0.3) is 6.08 Å². The lowest BCUT2D eigenvalue weighted by molar-refractivity contribution is 0.418. The Kier molecular flexibility index (Phi) is 4.61. The van der Waals surface area contributed by atoms with Gasteiger partial charge in [-0.3, -0.25) is 0 Å². The molecule has 0 atom stereocenters. The molecule has 4 nitrogen and oxygen atoms in total. The van der Waals surface area contributed by atoms with Crippen LogP contribution in [0.1, 0.15) is 32.0 Å². The third-order valence-corrected chi connectivity index (χ3v) is 3.97. The minimum Gasteiger partial charge on any atom is -0.319 e. The largest absolute Gasteiger partial charge is 0.319 e. The summed E-state index contributed by atoms with van der Waals surface area (Å²) >= 11 is 0. The maximum Gasteiger partial charge on any atom is 0.266 e. The van der Waals surface area contributed by atoms with Gasteiger partial charge in [-0.15, -0.1) is 0 Å². The molecular formula is C11H16F2N2O2S. The summed E-state index contributed by atoms with van der Waals surface area (Å²) in [4.78, 5) is 3.97. The first kappa shape index (κ1) is 14.8. The second-order valence-corrected chi connectivity index (χ2v) is 6.27. The predicted molar refractivity (Wildman–Crippen MR) is 64.3 cm³/mol. The van der Waals surface area contributed by atoms with Gasteiger partial charge in [-0.25, -0.2) is 13.4 Å². The summed E-state index contributed by atoms with van der Waals surface area (Å²) in [7, 11) is -3.64. The van der Waals surface area contributed by atoms with Crippen molar-refractivity contribution in [1.29, 1.82) is 0 Å². The molecule has 0 aliphatic carbocycles. The van der Waals surface area contributed by atoms with Crippen LogP contribution < -0.4 is 0 Å². The molecule has 1 aromatic rings. The number of allylic oxidation sites excluding steroid dienone is 1. The van der Waals surface area contributed by atoms with Gasteiger partial charge in [0, 0.05) is 12.2 Å². The quantitative estimate of drug-likeness (QED) is 0.832. The zero-order valence-corrected chi connectivity index (χ0v) is 11.3. The Morgan fingerprint density at radius 3 is 2.61 bits per heavy atom. The topological polar surface area (TPSA) is 52.0 Å². The molecule has 18 heavy (non-hydrogen) atoms. The molecule has 1 rings (SSSR count). The summed E-state index contributed by atoms with van der Waals surface area (Å²) in [6.45, 7) is 5.36. The Morgan fingerprint density at radius 1 is 1.50 bits per heavy atom. The van der Waals surface area contributed by atoms with Gasteiger partial charge in [0.1, 0.15) is 0 Å². The Bertz CT molecular complexity index is 543. The minimum absolute atomic E-state index is 0.0515. The van der Waals surface area contributed by atoms with Crippen molar-refractivity contribution in [3.63, 3.8) is 0 Å². The van der Waals surface area contributed by atoms with Gasteiger partial charge in [0.2, 0.25) is 15.0 Å². The minimum atomic E-state index is -3.64. The predicted octanol–water partition coefficient (Wildman–Crippen LogP) is 2.72. The van der Waals surface area contributed by atoms with Crippen LogP contribution >= 0.6 is 0 Å². The third kappa shape index (κ3) is 3.63. The van der Waals surface area contributed by atoms with Crippen molar-refractivity contribution < 1.29 is 17.2 Å². The number of imidazole rings is 1. The summed E-state index contributed by atoms with van der Waals surface area (Å²) in [6.07, 6.45) is 0.166. The van der Waals surface area contributed by atoms with E-state index in [2.05, 4.69) is 4.98 Å². The molecular weight excluding hydrogens is 262 g/mol. The molecule has 1 heterocycles. The SMILES string of the molecule is Cc1cn(C(C)C)c(S(=O)(=O)CCC=C(F)F)n1. The maximum atomic E-state index is 12.0. The normalized spacial score (nSPS) is 11.9. The number of sulfone groups is 1. The Hall–Kier alpha value is -1.24. The van der Waals surface area contributed by atoms with Crippen molar-refractivity contribution in [3.05, 3.63) is 24.0 Å². The highest BCUT2D eigenvalue weighted by Crippen LogP contribution is 2.18. The molecule has 102 valence electrons. The highest BCUT2D eigenvalue weighted by molar-refractivity contribution is 7.91. The Balaban J connectivity index is 3.01. The number of nitrogens with zero attached hydrogens (tertiary/aromatic N) is 2. The Morgan fingerprint density at radius 2 is 2.11 bits per heavy atom. The summed E-state index contributed by atoms with van der Waals surface area (Å²) in [5.74, 6) is -0.368. The number of halogens is 2. The van der Waals surface area contributed by atoms with Gasteiger partial charge in [0.15, 0.2) is 0 Å². The van der Waals surface area contributed by atoms with E-state index in [9.17, 15) is 17.2 Å². The van der Waals surface area contributed by atoms with Crippen LogP contribution in [0.15, 0.2) is 23.5 Å². The van der Waals surface area contributed by atoms with E-state index in [1.54, 1.807) is 17.7 Å². The summed E-state index contributed by atoms with van der Waals surface area (Å²) in [6, 6.07) is -0.0515. The van der Waals surface area contributed by atoms with Gasteiger partial charge >= 0.3 is 0 Å². The van der Waals surface area contributed by atoms with Crippen LogP contribution in [0.2, 0.25) is 0 Å². The molecule has 0 aliphatic rings. The van der Waals surface area contributed by atoms with E-state index in [-0.39, 0.29) is 23.4 Å². The van der Waals surface area contributed by atoms with Crippen LogP contribution in [-0.4, -0.2) is 23.7 Å². The molecule has 0 saturated carbocycles. The van der Waals surface area contributed by atoms with E-state index in [0.717, 1.165) is 0 Å². The second kappa shape index (κ2) is 5.60. The van der Waals surface area contributed by atoms with E-state index in [4.69, 9.17) is 0 Å². The first-order valence-electron chi connectivity index (χ1n) is 5.53. The third-order valence-electron chi connectivity index (χ3n) is 2.34. The van der Waals surface area contributed by atoms with E-state index in [0.29, 0.717) is 11.8 Å². The zero-order valence-electron chi connectivity index (χ0n) is 10.5. The van der Waals surface area contributed by atoms with Gasteiger partial charge in [-0.05, 0) is 33.3 Å². The van der Waals surface area contributed by atoms with Crippen molar-refractivity contribution in [3.8, 4) is 0 Å². The molecule has 0 amide bonds. The summed E-state index contributed by atoms with van der Waals surface area (Å²) in [5, 5.41) is -0.0531. The van der Waals surface area contributed by atoms with Gasteiger partial charge < -0.3 is 4.57 Å². The van der Waals surface area contributed by atoms with Crippen molar-refractivity contribution in [1.82, 2.24) is 9.55 Å². The van der Waals surface area contributed by atoms with E-state index >= 15 is 0 Å². The number of hydrogen-bond acceptors (Lipinski definition) is 3. The van der Waals surface area contributed by atoms with E-state index in [1.165, 1.54) is 0 Å². The van der Waals surface area contributed by atoms with Crippen LogP contribution in [0.25, 0.3) is 0 Å². The second-order valence-electron chi connectivity index (χ2n) is 4.27. The summed E-state index contributed by atoms with van der Waals surface area (Å²) < 4.78 is 49.3. The van der Waals surface area contributed by atoms with Crippen molar-refractivity contribution >= 4 is 9.84 Å². The zero-order chi connectivity index (χ0) is 13.9. The highest BCUT2D eigenvalue weighted by atomic mass is 32.2. The smallest absolute Gasteiger partial charge is 0.266 e. The number of hydrogen-bond donors (Lipinski definition) is 0. The van der Waals surface area contributed by atoms with Crippen molar-refractivity contribution in [2.24, 2.45) is 0 Å². The van der Waals surface area contributed by atoms with E-state index < -0.39 is 15.9 Å². The first-order valence-corrected chi connectivity index (χ1v) is 7.18. The lowest BCUT2D eigenvalue weighted by Crippen LogP contribution is -2.15. The molecule has 0 aliphatic heterocycles. The lowest BCUT2D eigenvalue weighted by Gasteiger charge is -2.10. The lowest BCUT2D eigenvalue weighted by atomic mass is 10.4. The highest BCUT2D eigenvalue weighted by Gasteiger charge is 2.22. The van der Waals surface area contributed by atoms with E-state index in [1.807, 2.05) is 13.8 Å². The van der Waals surface area contributed by atoms with Crippen LogP contribution in [0.3, 0.4) is 0 Å². The standard InChI is InChI=1S/C11H16F2N2O2S/c1-8(2)15-7-9(3)14-11(15)18(16,17)6-4-5-10(12)13/h5,7-8H,4,6H2,1-3H3. The fourth-order valence-corrected chi connectivity index (χ4v) is 2.99. The van der Waals surface area contributed by atoms with Crippen molar-refractivity contribution in [2.75, 3.05) is 5.75 Å². The van der Waals surface area contributed by atoms with Crippen LogP contribution in [0, 0.1) is 6.92 Å².